The monoisotopic (exact) mass is 289 g/mol. The highest BCUT2D eigenvalue weighted by Gasteiger charge is 2.11. The summed E-state index contributed by atoms with van der Waals surface area (Å²) < 4.78 is 19.2. The quantitative estimate of drug-likeness (QED) is 0.827. The molecule has 1 aromatic carbocycles. The van der Waals surface area contributed by atoms with Gasteiger partial charge in [0.1, 0.15) is 0 Å². The summed E-state index contributed by atoms with van der Waals surface area (Å²) in [6, 6.07) is 6.74. The topological polar surface area (TPSA) is 60.2 Å². The van der Waals surface area contributed by atoms with Crippen LogP contribution in [0.25, 0.3) is 0 Å². The Morgan fingerprint density at radius 2 is 2.14 bits per heavy atom. The number of aromatic nitrogens is 1. The Labute approximate surface area is 124 Å². The molecule has 0 spiro atoms. The molecule has 0 radical (unpaired) electrons. The molecule has 1 heterocycles. The Bertz CT molecular complexity index is 629. The lowest BCUT2D eigenvalue weighted by molar-refractivity contribution is 0.231. The molecule has 0 bridgehead atoms. The molecule has 21 heavy (non-hydrogen) atoms. The van der Waals surface area contributed by atoms with E-state index in [-0.39, 0.29) is 11.9 Å². The van der Waals surface area contributed by atoms with Crippen LogP contribution in [0.15, 0.2) is 30.5 Å². The van der Waals surface area contributed by atoms with Crippen molar-refractivity contribution in [2.24, 2.45) is 0 Å². The van der Waals surface area contributed by atoms with E-state index in [0.29, 0.717) is 17.9 Å². The third kappa shape index (κ3) is 3.84. The van der Waals surface area contributed by atoms with Gasteiger partial charge >= 0.3 is 0 Å². The highest BCUT2D eigenvalue weighted by molar-refractivity contribution is 5.68. The van der Waals surface area contributed by atoms with Gasteiger partial charge in [-0.05, 0) is 32.4 Å². The Hall–Kier alpha value is -2.30. The highest BCUT2D eigenvalue weighted by Crippen LogP contribution is 2.29. The standard InChI is InChI=1S/C16H20FN3O/c1-10(2)21-16-8-14(13(18)7-12(16)17)20-9-15-11(3)5-4-6-19-15/h4-8,10,20H,9,18H2,1-3H3. The van der Waals surface area contributed by atoms with Crippen molar-refractivity contribution in [1.29, 1.82) is 0 Å². The molecule has 0 atom stereocenters. The Kier molecular flexibility index (Phi) is 4.62. The lowest BCUT2D eigenvalue weighted by Crippen LogP contribution is -2.10. The molecule has 3 N–H and O–H groups in total. The number of nitrogens with two attached hydrogens (primary N) is 1. The fraction of sp³-hybridized carbons (Fsp3) is 0.312. The number of halogens is 1. The summed E-state index contributed by atoms with van der Waals surface area (Å²) in [4.78, 5) is 4.30. The van der Waals surface area contributed by atoms with Crippen LogP contribution in [0.4, 0.5) is 15.8 Å². The van der Waals surface area contributed by atoms with Gasteiger partial charge in [-0.3, -0.25) is 4.98 Å². The van der Waals surface area contributed by atoms with Crippen LogP contribution in [0.2, 0.25) is 0 Å². The first-order chi connectivity index (χ1) is 9.97. The van der Waals surface area contributed by atoms with Crippen molar-refractivity contribution in [2.75, 3.05) is 11.1 Å². The maximum atomic E-state index is 13.8. The van der Waals surface area contributed by atoms with E-state index in [2.05, 4.69) is 10.3 Å². The fourth-order valence-electron chi connectivity index (χ4n) is 1.95. The van der Waals surface area contributed by atoms with Crippen LogP contribution in [0.1, 0.15) is 25.1 Å². The predicted molar refractivity (Wildman–Crippen MR) is 82.9 cm³/mol. The van der Waals surface area contributed by atoms with Crippen LogP contribution in [0.5, 0.6) is 5.75 Å². The number of ether oxygens (including phenoxy) is 1. The molecule has 0 amide bonds. The van der Waals surface area contributed by atoms with Crippen molar-refractivity contribution >= 4 is 11.4 Å². The molecule has 0 saturated heterocycles. The molecule has 5 heteroatoms. The number of aryl methyl sites for hydroxylation is 1. The predicted octanol–water partition coefficient (Wildman–Crippen LogP) is 3.51. The molecule has 0 fully saturated rings. The minimum absolute atomic E-state index is 0.103. The summed E-state index contributed by atoms with van der Waals surface area (Å²) in [6.07, 6.45) is 1.64. The van der Waals surface area contributed by atoms with E-state index in [0.717, 1.165) is 11.3 Å². The van der Waals surface area contributed by atoms with E-state index >= 15 is 0 Å². The highest BCUT2D eigenvalue weighted by atomic mass is 19.1. The number of pyridine rings is 1. The number of anilines is 2. The molecule has 0 aliphatic heterocycles. The Morgan fingerprint density at radius 1 is 1.38 bits per heavy atom. The lowest BCUT2D eigenvalue weighted by Gasteiger charge is -2.15. The first-order valence-corrected chi connectivity index (χ1v) is 6.87. The summed E-state index contributed by atoms with van der Waals surface area (Å²) in [5.41, 5.74) is 8.84. The molecule has 2 rings (SSSR count). The molecule has 4 nitrogen and oxygen atoms in total. The van der Waals surface area contributed by atoms with Crippen molar-refractivity contribution in [1.82, 2.24) is 4.98 Å². The Morgan fingerprint density at radius 3 is 2.81 bits per heavy atom. The largest absolute Gasteiger partial charge is 0.488 e. The van der Waals surface area contributed by atoms with E-state index in [4.69, 9.17) is 10.5 Å². The normalized spacial score (nSPS) is 10.7. The van der Waals surface area contributed by atoms with Crippen molar-refractivity contribution in [2.45, 2.75) is 33.4 Å². The zero-order valence-electron chi connectivity index (χ0n) is 12.5. The number of hydrogen-bond donors (Lipinski definition) is 2. The minimum Gasteiger partial charge on any atom is -0.488 e. The number of nitrogens with one attached hydrogen (secondary N) is 1. The zero-order valence-corrected chi connectivity index (χ0v) is 12.5. The van der Waals surface area contributed by atoms with Crippen LogP contribution < -0.4 is 15.8 Å². The first-order valence-electron chi connectivity index (χ1n) is 6.87. The summed E-state index contributed by atoms with van der Waals surface area (Å²) in [7, 11) is 0. The number of benzene rings is 1. The van der Waals surface area contributed by atoms with E-state index in [1.807, 2.05) is 32.9 Å². The number of hydrogen-bond acceptors (Lipinski definition) is 4. The molecule has 1 aromatic heterocycles. The van der Waals surface area contributed by atoms with Gasteiger partial charge in [0.15, 0.2) is 11.6 Å². The average Bonchev–Trinajstić information content (AvgIpc) is 2.41. The van der Waals surface area contributed by atoms with Crippen LogP contribution in [0, 0.1) is 12.7 Å². The molecular formula is C16H20FN3O. The van der Waals surface area contributed by atoms with E-state index in [1.165, 1.54) is 6.07 Å². The summed E-state index contributed by atoms with van der Waals surface area (Å²) >= 11 is 0. The molecule has 0 saturated carbocycles. The van der Waals surface area contributed by atoms with Crippen LogP contribution in [-0.2, 0) is 6.54 Å². The van der Waals surface area contributed by atoms with E-state index < -0.39 is 5.82 Å². The van der Waals surface area contributed by atoms with Gasteiger partial charge in [-0.1, -0.05) is 6.07 Å². The first kappa shape index (κ1) is 15.1. The molecule has 2 aromatic rings. The van der Waals surface area contributed by atoms with Crippen molar-refractivity contribution < 1.29 is 9.13 Å². The van der Waals surface area contributed by atoms with Crippen molar-refractivity contribution in [3.05, 3.63) is 47.5 Å². The summed E-state index contributed by atoms with van der Waals surface area (Å²) in [5, 5.41) is 3.18. The van der Waals surface area contributed by atoms with Crippen molar-refractivity contribution in [3.8, 4) is 5.75 Å². The third-order valence-corrected chi connectivity index (χ3v) is 3.03. The van der Waals surface area contributed by atoms with Gasteiger partial charge in [-0.2, -0.15) is 0 Å². The van der Waals surface area contributed by atoms with E-state index in [1.54, 1.807) is 12.3 Å². The second kappa shape index (κ2) is 6.43. The van der Waals surface area contributed by atoms with Crippen LogP contribution >= 0.6 is 0 Å². The molecular weight excluding hydrogens is 269 g/mol. The van der Waals surface area contributed by atoms with E-state index in [9.17, 15) is 4.39 Å². The van der Waals surface area contributed by atoms with Gasteiger partial charge in [0.05, 0.1) is 29.7 Å². The second-order valence-electron chi connectivity index (χ2n) is 5.16. The van der Waals surface area contributed by atoms with Crippen molar-refractivity contribution in [3.63, 3.8) is 0 Å². The fourth-order valence-corrected chi connectivity index (χ4v) is 1.95. The third-order valence-electron chi connectivity index (χ3n) is 3.03. The molecule has 0 unspecified atom stereocenters. The molecule has 0 aliphatic carbocycles. The average molecular weight is 289 g/mol. The summed E-state index contributed by atoms with van der Waals surface area (Å²) in [5.74, 6) is -0.264. The maximum Gasteiger partial charge on any atom is 0.167 e. The van der Waals surface area contributed by atoms with Gasteiger partial charge in [-0.15, -0.1) is 0 Å². The maximum absolute atomic E-state index is 13.8. The SMILES string of the molecule is Cc1cccnc1CNc1cc(OC(C)C)c(F)cc1N. The number of nitrogen functional groups attached to an aromatic ring is 1. The van der Waals surface area contributed by atoms with Gasteiger partial charge in [0.2, 0.25) is 0 Å². The lowest BCUT2D eigenvalue weighted by atomic mass is 10.2. The van der Waals surface area contributed by atoms with Gasteiger partial charge < -0.3 is 15.8 Å². The van der Waals surface area contributed by atoms with Gasteiger partial charge in [-0.25, -0.2) is 4.39 Å². The molecule has 112 valence electrons. The molecule has 0 aliphatic rings. The Balaban J connectivity index is 2.18. The number of rotatable bonds is 5. The summed E-state index contributed by atoms with van der Waals surface area (Å²) in [6.45, 7) is 6.20. The second-order valence-corrected chi connectivity index (χ2v) is 5.16. The van der Waals surface area contributed by atoms with Gasteiger partial charge in [0.25, 0.3) is 0 Å². The number of nitrogens with zero attached hydrogens (tertiary/aromatic N) is 1. The smallest absolute Gasteiger partial charge is 0.167 e. The van der Waals surface area contributed by atoms with Gasteiger partial charge in [0, 0.05) is 18.3 Å². The van der Waals surface area contributed by atoms with Crippen LogP contribution in [0.3, 0.4) is 0 Å². The van der Waals surface area contributed by atoms with Crippen LogP contribution in [-0.4, -0.2) is 11.1 Å². The minimum atomic E-state index is -0.458. The zero-order chi connectivity index (χ0) is 15.4.